The topological polar surface area (TPSA) is 67.4 Å². The van der Waals surface area contributed by atoms with Crippen LogP contribution in [0.1, 0.15) is 44.6 Å². The number of aliphatic imine (C=N–C) groups is 1. The average Bonchev–Trinajstić information content (AvgIpc) is 2.74. The highest BCUT2D eigenvalue weighted by atomic mass is 127. The highest BCUT2D eigenvalue weighted by Crippen LogP contribution is 2.34. The van der Waals surface area contributed by atoms with Crippen molar-refractivity contribution in [3.63, 3.8) is 0 Å². The summed E-state index contributed by atoms with van der Waals surface area (Å²) in [4.78, 5) is 7.44. The van der Waals surface area contributed by atoms with Crippen LogP contribution in [0.3, 0.4) is 0 Å². The van der Waals surface area contributed by atoms with Crippen LogP contribution in [0.2, 0.25) is 0 Å². The fraction of sp³-hybridized carbons (Fsp3) is 0.696. The Kier molecular flexibility index (Phi) is 10.5. The minimum Gasteiger partial charge on any atom is -0.496 e. The van der Waals surface area contributed by atoms with E-state index in [4.69, 9.17) is 19.2 Å². The number of nitrogens with zero attached hydrogens (tertiary/aromatic N) is 2. The van der Waals surface area contributed by atoms with Crippen LogP contribution in [0, 0.1) is 0 Å². The summed E-state index contributed by atoms with van der Waals surface area (Å²) in [6.45, 7) is 3.60. The molecule has 0 saturated carbocycles. The van der Waals surface area contributed by atoms with E-state index in [1.807, 2.05) is 12.1 Å². The van der Waals surface area contributed by atoms with Gasteiger partial charge in [0.25, 0.3) is 0 Å². The van der Waals surface area contributed by atoms with Gasteiger partial charge in [0.1, 0.15) is 17.2 Å². The second kappa shape index (κ2) is 12.6. The van der Waals surface area contributed by atoms with Crippen molar-refractivity contribution < 1.29 is 14.2 Å². The van der Waals surface area contributed by atoms with Gasteiger partial charge in [0.05, 0.1) is 21.3 Å². The Bertz CT molecular complexity index is 692. The van der Waals surface area contributed by atoms with Crippen LogP contribution in [0.4, 0.5) is 0 Å². The smallest absolute Gasteiger partial charge is 0.191 e. The van der Waals surface area contributed by atoms with Gasteiger partial charge in [0.2, 0.25) is 0 Å². The van der Waals surface area contributed by atoms with E-state index in [0.29, 0.717) is 24.7 Å². The molecule has 0 aromatic heterocycles. The number of piperidine rings is 2. The fourth-order valence-corrected chi connectivity index (χ4v) is 4.85. The number of ether oxygens (including phenoxy) is 3. The molecule has 2 unspecified atom stereocenters. The van der Waals surface area contributed by atoms with Crippen LogP contribution in [-0.2, 0) is 6.42 Å². The van der Waals surface area contributed by atoms with Crippen LogP contribution < -0.4 is 24.8 Å². The van der Waals surface area contributed by atoms with Gasteiger partial charge in [0, 0.05) is 48.9 Å². The third-order valence-corrected chi connectivity index (χ3v) is 6.47. The molecule has 0 spiro atoms. The molecule has 8 heteroatoms. The van der Waals surface area contributed by atoms with Gasteiger partial charge in [-0.2, -0.15) is 0 Å². The molecule has 1 aromatic carbocycles. The van der Waals surface area contributed by atoms with Crippen molar-refractivity contribution in [3.05, 3.63) is 17.7 Å². The lowest BCUT2D eigenvalue weighted by atomic mass is 9.82. The minimum absolute atomic E-state index is 0. The van der Waals surface area contributed by atoms with E-state index in [2.05, 4.69) is 29.5 Å². The van der Waals surface area contributed by atoms with Gasteiger partial charge >= 0.3 is 0 Å². The summed E-state index contributed by atoms with van der Waals surface area (Å²) < 4.78 is 16.5. The highest BCUT2D eigenvalue weighted by molar-refractivity contribution is 14.0. The first-order valence-electron chi connectivity index (χ1n) is 11.1. The number of rotatable bonds is 8. The van der Waals surface area contributed by atoms with Gasteiger partial charge in [-0.3, -0.25) is 4.99 Å². The first-order valence-corrected chi connectivity index (χ1v) is 11.1. The van der Waals surface area contributed by atoms with E-state index >= 15 is 0 Å². The second-order valence-electron chi connectivity index (χ2n) is 8.24. The summed E-state index contributed by atoms with van der Waals surface area (Å²) in [5.41, 5.74) is 1.01. The number of nitrogens with one attached hydrogen (secondary N) is 2. The van der Waals surface area contributed by atoms with Gasteiger partial charge in [-0.15, -0.1) is 24.0 Å². The second-order valence-corrected chi connectivity index (χ2v) is 8.24. The van der Waals surface area contributed by atoms with Gasteiger partial charge in [-0.25, -0.2) is 0 Å². The molecule has 0 amide bonds. The molecule has 2 bridgehead atoms. The molecule has 2 saturated heterocycles. The van der Waals surface area contributed by atoms with Crippen LogP contribution in [0.15, 0.2) is 17.1 Å². The lowest BCUT2D eigenvalue weighted by molar-refractivity contribution is 0.0526. The number of halogens is 1. The molecule has 0 aliphatic carbocycles. The third-order valence-electron chi connectivity index (χ3n) is 6.47. The molecule has 0 radical (unpaired) electrons. The highest BCUT2D eigenvalue weighted by Gasteiger charge is 2.36. The summed E-state index contributed by atoms with van der Waals surface area (Å²) in [6.07, 6.45) is 7.11. The molecule has 2 aliphatic heterocycles. The van der Waals surface area contributed by atoms with Crippen molar-refractivity contribution in [1.29, 1.82) is 0 Å². The number of fused-ring (bicyclic) bond motifs is 2. The van der Waals surface area contributed by atoms with Gasteiger partial charge in [-0.1, -0.05) is 6.42 Å². The average molecular weight is 546 g/mol. The van der Waals surface area contributed by atoms with Gasteiger partial charge in [-0.05, 0) is 46.1 Å². The van der Waals surface area contributed by atoms with E-state index in [0.717, 1.165) is 41.7 Å². The zero-order chi connectivity index (χ0) is 21.5. The number of hydrogen-bond acceptors (Lipinski definition) is 5. The number of benzene rings is 1. The van der Waals surface area contributed by atoms with E-state index < -0.39 is 0 Å². The van der Waals surface area contributed by atoms with E-state index in [1.54, 1.807) is 21.3 Å². The van der Waals surface area contributed by atoms with E-state index in [9.17, 15) is 0 Å². The first-order chi connectivity index (χ1) is 14.6. The Morgan fingerprint density at radius 2 is 1.68 bits per heavy atom. The van der Waals surface area contributed by atoms with Crippen molar-refractivity contribution in [2.45, 2.75) is 63.6 Å². The molecule has 2 fully saturated rings. The number of methoxy groups -OCH3 is 3. The fourth-order valence-electron chi connectivity index (χ4n) is 4.85. The molecular formula is C23H39IN4O3. The van der Waals surface area contributed by atoms with Crippen molar-refractivity contribution in [3.8, 4) is 17.2 Å². The van der Waals surface area contributed by atoms with Crippen LogP contribution in [0.5, 0.6) is 17.2 Å². The normalized spacial score (nSPS) is 23.5. The summed E-state index contributed by atoms with van der Waals surface area (Å²) in [7, 11) is 7.27. The van der Waals surface area contributed by atoms with Crippen molar-refractivity contribution >= 4 is 29.9 Å². The van der Waals surface area contributed by atoms with E-state index in [1.165, 1.54) is 32.1 Å². The SMILES string of the molecule is CCNC(=NCCc1c(OC)cc(OC)cc1OC)NC1CC2CCCC(C1)N2C.I. The molecule has 7 nitrogen and oxygen atoms in total. The third kappa shape index (κ3) is 6.54. The molecule has 2 heterocycles. The zero-order valence-corrected chi connectivity index (χ0v) is 21.9. The summed E-state index contributed by atoms with van der Waals surface area (Å²) in [5, 5.41) is 7.11. The Labute approximate surface area is 204 Å². The standard InChI is InChI=1S/C23H38N4O3.HI/c1-6-24-23(26-16-12-17-8-7-9-18(13-16)27(17)2)25-11-10-20-21(29-4)14-19(28-3)15-22(20)30-5;/h14-18H,6-13H2,1-5H3,(H2,24,25,26);1H. The quantitative estimate of drug-likeness (QED) is 0.296. The molecule has 2 N–H and O–H groups in total. The van der Waals surface area contributed by atoms with Crippen LogP contribution in [-0.4, -0.2) is 70.5 Å². The first kappa shape index (κ1) is 25.8. The molecule has 3 rings (SSSR count). The maximum Gasteiger partial charge on any atom is 0.191 e. The lowest BCUT2D eigenvalue weighted by Crippen LogP contribution is -2.56. The van der Waals surface area contributed by atoms with Gasteiger partial charge < -0.3 is 29.7 Å². The van der Waals surface area contributed by atoms with Gasteiger partial charge in [0.15, 0.2) is 5.96 Å². The molecule has 31 heavy (non-hydrogen) atoms. The van der Waals surface area contributed by atoms with Crippen molar-refractivity contribution in [2.75, 3.05) is 41.5 Å². The molecule has 1 aromatic rings. The maximum absolute atomic E-state index is 5.56. The Balaban J connectivity index is 0.00000341. The van der Waals surface area contributed by atoms with Crippen LogP contribution >= 0.6 is 24.0 Å². The van der Waals surface area contributed by atoms with Crippen molar-refractivity contribution in [1.82, 2.24) is 15.5 Å². The summed E-state index contributed by atoms with van der Waals surface area (Å²) in [5.74, 6) is 3.15. The molecule has 2 atom stereocenters. The van der Waals surface area contributed by atoms with E-state index in [-0.39, 0.29) is 24.0 Å². The number of hydrogen-bond donors (Lipinski definition) is 2. The molecule has 2 aliphatic rings. The maximum atomic E-state index is 5.56. The Morgan fingerprint density at radius 1 is 1.06 bits per heavy atom. The minimum atomic E-state index is 0. The monoisotopic (exact) mass is 546 g/mol. The Morgan fingerprint density at radius 3 is 2.19 bits per heavy atom. The largest absolute Gasteiger partial charge is 0.496 e. The predicted molar refractivity (Wildman–Crippen MR) is 137 cm³/mol. The number of guanidine groups is 1. The molecule has 176 valence electrons. The zero-order valence-electron chi connectivity index (χ0n) is 19.6. The summed E-state index contributed by atoms with van der Waals surface area (Å²) in [6, 6.07) is 5.67. The van der Waals surface area contributed by atoms with Crippen LogP contribution in [0.25, 0.3) is 0 Å². The molecular weight excluding hydrogens is 507 g/mol. The lowest BCUT2D eigenvalue weighted by Gasteiger charge is -2.47. The van der Waals surface area contributed by atoms with Crippen molar-refractivity contribution in [2.24, 2.45) is 4.99 Å². The predicted octanol–water partition coefficient (Wildman–Crippen LogP) is 3.44. The summed E-state index contributed by atoms with van der Waals surface area (Å²) >= 11 is 0. The Hall–Kier alpha value is -1.42.